The zero-order valence-corrected chi connectivity index (χ0v) is 18.9. The van der Waals surface area contributed by atoms with Crippen LogP contribution in [0.4, 0.5) is 5.69 Å². The van der Waals surface area contributed by atoms with Gasteiger partial charge in [0.2, 0.25) is 15.9 Å². The number of likely N-dealkylation sites (N-methyl/N-ethyl adjacent to an activating group) is 1. The molecule has 0 spiro atoms. The van der Waals surface area contributed by atoms with E-state index in [2.05, 4.69) is 36.5 Å². The second kappa shape index (κ2) is 9.52. The number of rotatable bonds is 8. The van der Waals surface area contributed by atoms with Crippen LogP contribution < -0.4 is 5.32 Å². The number of sulfonamides is 1. The fourth-order valence-electron chi connectivity index (χ4n) is 2.85. The van der Waals surface area contributed by atoms with Gasteiger partial charge in [-0.2, -0.15) is 0 Å². The highest BCUT2D eigenvalue weighted by atomic mass is 32.2. The number of carbonyl (C=O) groups excluding carboxylic acids is 1. The SMILES string of the molecule is CCc1ccc(CN(C)[C@H](C)C(=O)Nc2cc(S(=O)(=O)N(C)C)ccc2C)cc1. The van der Waals surface area contributed by atoms with E-state index in [9.17, 15) is 13.2 Å². The van der Waals surface area contributed by atoms with Gasteiger partial charge >= 0.3 is 0 Å². The van der Waals surface area contributed by atoms with Crippen LogP contribution in [0.15, 0.2) is 47.4 Å². The van der Waals surface area contributed by atoms with Crippen LogP contribution >= 0.6 is 0 Å². The number of hydrogen-bond donors (Lipinski definition) is 1. The fourth-order valence-corrected chi connectivity index (χ4v) is 3.78. The summed E-state index contributed by atoms with van der Waals surface area (Å²) in [4.78, 5) is 14.9. The van der Waals surface area contributed by atoms with E-state index in [-0.39, 0.29) is 16.8 Å². The topological polar surface area (TPSA) is 69.7 Å². The summed E-state index contributed by atoms with van der Waals surface area (Å²) in [5, 5.41) is 2.88. The minimum Gasteiger partial charge on any atom is -0.324 e. The lowest BCUT2D eigenvalue weighted by molar-refractivity contribution is -0.120. The summed E-state index contributed by atoms with van der Waals surface area (Å²) >= 11 is 0. The molecule has 0 radical (unpaired) electrons. The number of anilines is 1. The van der Waals surface area contributed by atoms with Gasteiger partial charge in [-0.1, -0.05) is 37.3 Å². The monoisotopic (exact) mass is 417 g/mol. The van der Waals surface area contributed by atoms with E-state index in [1.165, 1.54) is 25.7 Å². The third kappa shape index (κ3) is 5.65. The van der Waals surface area contributed by atoms with Crippen LogP contribution in [0.5, 0.6) is 0 Å². The Morgan fingerprint density at radius 1 is 1.03 bits per heavy atom. The van der Waals surface area contributed by atoms with Gasteiger partial charge in [-0.05, 0) is 56.1 Å². The van der Waals surface area contributed by atoms with Gasteiger partial charge in [-0.25, -0.2) is 12.7 Å². The van der Waals surface area contributed by atoms with Crippen LogP contribution in [0, 0.1) is 6.92 Å². The van der Waals surface area contributed by atoms with Crippen LogP contribution in [-0.4, -0.2) is 50.7 Å². The molecule has 1 amide bonds. The summed E-state index contributed by atoms with van der Waals surface area (Å²) in [5.41, 5.74) is 3.73. The predicted octanol–water partition coefficient (Wildman–Crippen LogP) is 3.27. The van der Waals surface area contributed by atoms with Gasteiger partial charge in [0.15, 0.2) is 0 Å². The summed E-state index contributed by atoms with van der Waals surface area (Å²) in [6.07, 6.45) is 0.997. The zero-order chi connectivity index (χ0) is 21.8. The number of nitrogens with zero attached hydrogens (tertiary/aromatic N) is 2. The molecule has 0 saturated heterocycles. The summed E-state index contributed by atoms with van der Waals surface area (Å²) in [6, 6.07) is 12.8. The molecule has 0 aliphatic rings. The van der Waals surface area contributed by atoms with E-state index >= 15 is 0 Å². The first kappa shape index (κ1) is 23.1. The maximum absolute atomic E-state index is 12.8. The number of aryl methyl sites for hydroxylation is 2. The van der Waals surface area contributed by atoms with Gasteiger partial charge in [-0.3, -0.25) is 9.69 Å². The van der Waals surface area contributed by atoms with Crippen molar-refractivity contribution in [1.29, 1.82) is 0 Å². The number of amides is 1. The lowest BCUT2D eigenvalue weighted by atomic mass is 10.1. The van der Waals surface area contributed by atoms with Gasteiger partial charge in [0, 0.05) is 26.3 Å². The highest BCUT2D eigenvalue weighted by Gasteiger charge is 2.21. The smallest absolute Gasteiger partial charge is 0.242 e. The average molecular weight is 418 g/mol. The third-order valence-corrected chi connectivity index (χ3v) is 6.96. The molecule has 0 unspecified atom stereocenters. The Morgan fingerprint density at radius 3 is 2.17 bits per heavy atom. The first-order valence-corrected chi connectivity index (χ1v) is 11.1. The Kier molecular flexibility index (Phi) is 7.57. The Balaban J connectivity index is 2.12. The Morgan fingerprint density at radius 2 is 1.62 bits per heavy atom. The predicted molar refractivity (Wildman–Crippen MR) is 117 cm³/mol. The molecule has 2 aromatic carbocycles. The maximum Gasteiger partial charge on any atom is 0.242 e. The van der Waals surface area contributed by atoms with Crippen molar-refractivity contribution in [3.63, 3.8) is 0 Å². The van der Waals surface area contributed by atoms with Gasteiger partial charge in [0.05, 0.1) is 10.9 Å². The normalized spacial score (nSPS) is 13.0. The van der Waals surface area contributed by atoms with Crippen molar-refractivity contribution in [1.82, 2.24) is 9.21 Å². The van der Waals surface area contributed by atoms with Crippen molar-refractivity contribution in [2.75, 3.05) is 26.5 Å². The molecule has 0 fully saturated rings. The molecule has 6 nitrogen and oxygen atoms in total. The van der Waals surface area contributed by atoms with Gasteiger partial charge in [0.25, 0.3) is 0 Å². The van der Waals surface area contributed by atoms with Crippen LogP contribution in [0.1, 0.15) is 30.5 Å². The molecule has 0 heterocycles. The fraction of sp³-hybridized carbons (Fsp3) is 0.409. The number of carbonyl (C=O) groups is 1. The third-order valence-electron chi connectivity index (χ3n) is 5.15. The van der Waals surface area contributed by atoms with E-state index < -0.39 is 10.0 Å². The summed E-state index contributed by atoms with van der Waals surface area (Å²) in [6.45, 7) is 6.44. The van der Waals surface area contributed by atoms with Crippen LogP contribution in [0.3, 0.4) is 0 Å². The molecule has 29 heavy (non-hydrogen) atoms. The first-order valence-electron chi connectivity index (χ1n) is 9.68. The quantitative estimate of drug-likeness (QED) is 0.716. The first-order chi connectivity index (χ1) is 13.6. The highest BCUT2D eigenvalue weighted by Crippen LogP contribution is 2.22. The van der Waals surface area contributed by atoms with Crippen molar-refractivity contribution in [3.8, 4) is 0 Å². The molecule has 0 saturated carbocycles. The number of hydrogen-bond acceptors (Lipinski definition) is 4. The molecule has 0 aliphatic heterocycles. The molecule has 2 aromatic rings. The average Bonchev–Trinajstić information content (AvgIpc) is 2.69. The lowest BCUT2D eigenvalue weighted by Crippen LogP contribution is -2.39. The summed E-state index contributed by atoms with van der Waals surface area (Å²) in [5.74, 6) is -0.180. The standard InChI is InChI=1S/C22H31N3O3S/c1-7-18-9-11-19(12-10-18)15-25(6)17(3)22(26)23-21-14-20(13-8-16(21)2)29(27,28)24(4)5/h8-14,17H,7,15H2,1-6H3,(H,23,26)/t17-/m1/s1. The highest BCUT2D eigenvalue weighted by molar-refractivity contribution is 7.89. The van der Waals surface area contributed by atoms with Crippen molar-refractivity contribution in [2.24, 2.45) is 0 Å². The van der Waals surface area contributed by atoms with Crippen molar-refractivity contribution in [3.05, 3.63) is 59.2 Å². The molecule has 0 aliphatic carbocycles. The number of benzene rings is 2. The molecular formula is C22H31N3O3S. The molecule has 1 N–H and O–H groups in total. The van der Waals surface area contributed by atoms with E-state index in [0.717, 1.165) is 21.9 Å². The van der Waals surface area contributed by atoms with E-state index in [4.69, 9.17) is 0 Å². The lowest BCUT2D eigenvalue weighted by Gasteiger charge is -2.24. The molecule has 0 aromatic heterocycles. The molecule has 158 valence electrons. The van der Waals surface area contributed by atoms with Crippen molar-refractivity contribution >= 4 is 21.6 Å². The van der Waals surface area contributed by atoms with E-state index in [1.54, 1.807) is 12.1 Å². The Hall–Kier alpha value is -2.22. The van der Waals surface area contributed by atoms with E-state index in [1.807, 2.05) is 25.8 Å². The maximum atomic E-state index is 12.8. The summed E-state index contributed by atoms with van der Waals surface area (Å²) < 4.78 is 25.9. The summed E-state index contributed by atoms with van der Waals surface area (Å²) in [7, 11) is 1.30. The minimum absolute atomic E-state index is 0.153. The zero-order valence-electron chi connectivity index (χ0n) is 18.1. The van der Waals surface area contributed by atoms with E-state index in [0.29, 0.717) is 12.2 Å². The van der Waals surface area contributed by atoms with Crippen molar-refractivity contribution < 1.29 is 13.2 Å². The minimum atomic E-state index is -3.56. The van der Waals surface area contributed by atoms with Crippen LogP contribution in [0.2, 0.25) is 0 Å². The molecule has 2 rings (SSSR count). The second-order valence-electron chi connectivity index (χ2n) is 7.51. The van der Waals surface area contributed by atoms with Crippen molar-refractivity contribution in [2.45, 2.75) is 44.7 Å². The van der Waals surface area contributed by atoms with Crippen LogP contribution in [0.25, 0.3) is 0 Å². The molecule has 1 atom stereocenters. The van der Waals surface area contributed by atoms with Gasteiger partial charge in [0.1, 0.15) is 0 Å². The molecule has 0 bridgehead atoms. The second-order valence-corrected chi connectivity index (χ2v) is 9.67. The number of nitrogens with one attached hydrogen (secondary N) is 1. The Labute approximate surface area is 174 Å². The largest absolute Gasteiger partial charge is 0.324 e. The molecular weight excluding hydrogens is 386 g/mol. The molecule has 7 heteroatoms. The Bertz CT molecular complexity index is 954. The van der Waals surface area contributed by atoms with Crippen LogP contribution in [-0.2, 0) is 27.8 Å². The van der Waals surface area contributed by atoms with Gasteiger partial charge in [-0.15, -0.1) is 0 Å². The van der Waals surface area contributed by atoms with Gasteiger partial charge < -0.3 is 5.32 Å².